The van der Waals surface area contributed by atoms with Crippen LogP contribution in [0.2, 0.25) is 0 Å². The molecule has 0 fully saturated rings. The van der Waals surface area contributed by atoms with Crippen LogP contribution >= 0.6 is 0 Å². The van der Waals surface area contributed by atoms with Crippen molar-refractivity contribution >= 4 is 29.3 Å². The van der Waals surface area contributed by atoms with Crippen LogP contribution in [0.1, 0.15) is 37.3 Å². The summed E-state index contributed by atoms with van der Waals surface area (Å²) < 4.78 is 15.9. The Morgan fingerprint density at radius 1 is 1.07 bits per heavy atom. The number of rotatable bonds is 8. The first kappa shape index (κ1) is 21.2. The van der Waals surface area contributed by atoms with Gasteiger partial charge in [0.1, 0.15) is 5.75 Å². The summed E-state index contributed by atoms with van der Waals surface area (Å²) in [6, 6.07) is 10.5. The van der Waals surface area contributed by atoms with E-state index >= 15 is 0 Å². The van der Waals surface area contributed by atoms with Crippen molar-refractivity contribution in [3.8, 4) is 17.2 Å². The summed E-state index contributed by atoms with van der Waals surface area (Å²) in [6.45, 7) is 2.70. The normalized spacial score (nSPS) is 13.6. The zero-order valence-electron chi connectivity index (χ0n) is 17.4. The summed E-state index contributed by atoms with van der Waals surface area (Å²) in [7, 11) is 3.10. The van der Waals surface area contributed by atoms with Gasteiger partial charge in [-0.05, 0) is 36.3 Å². The molecule has 2 aromatic carbocycles. The molecule has 0 saturated carbocycles. The molecule has 0 bridgehead atoms. The molecule has 1 heterocycles. The second-order valence-corrected chi connectivity index (χ2v) is 6.86. The highest BCUT2D eigenvalue weighted by atomic mass is 16.6. The molecule has 0 aliphatic carbocycles. The van der Waals surface area contributed by atoms with Crippen molar-refractivity contribution in [2.75, 3.05) is 26.1 Å². The van der Waals surface area contributed by atoms with E-state index in [-0.39, 0.29) is 5.91 Å². The van der Waals surface area contributed by atoms with Crippen molar-refractivity contribution < 1.29 is 23.8 Å². The summed E-state index contributed by atoms with van der Waals surface area (Å²) >= 11 is 0. The van der Waals surface area contributed by atoms with Gasteiger partial charge in [0.25, 0.3) is 5.91 Å². The molecule has 1 aliphatic heterocycles. The third-order valence-corrected chi connectivity index (χ3v) is 4.76. The quantitative estimate of drug-likeness (QED) is 0.495. The first-order chi connectivity index (χ1) is 14.5. The average molecular weight is 410 g/mol. The average Bonchev–Trinajstić information content (AvgIpc) is 3.05. The zero-order chi connectivity index (χ0) is 21.5. The van der Waals surface area contributed by atoms with Gasteiger partial charge in [0.2, 0.25) is 0 Å². The third-order valence-electron chi connectivity index (χ3n) is 4.76. The molecule has 0 aromatic heterocycles. The fourth-order valence-corrected chi connectivity index (χ4v) is 3.17. The molecule has 30 heavy (non-hydrogen) atoms. The Morgan fingerprint density at radius 2 is 1.77 bits per heavy atom. The molecule has 7 heteroatoms. The van der Waals surface area contributed by atoms with E-state index < -0.39 is 6.09 Å². The van der Waals surface area contributed by atoms with Crippen molar-refractivity contribution in [1.82, 2.24) is 5.32 Å². The third kappa shape index (κ3) is 4.92. The van der Waals surface area contributed by atoms with E-state index in [1.54, 1.807) is 56.7 Å². The first-order valence-electron chi connectivity index (χ1n) is 9.91. The molecule has 2 N–H and O–H groups in total. The Hall–Kier alpha value is -3.48. The van der Waals surface area contributed by atoms with Gasteiger partial charge in [0.05, 0.1) is 19.9 Å². The van der Waals surface area contributed by atoms with E-state index in [2.05, 4.69) is 17.6 Å². The van der Waals surface area contributed by atoms with Crippen LogP contribution in [0, 0.1) is 0 Å². The van der Waals surface area contributed by atoms with Gasteiger partial charge in [-0.25, -0.2) is 4.79 Å². The molecule has 0 spiro atoms. The second kappa shape index (κ2) is 9.82. The summed E-state index contributed by atoms with van der Waals surface area (Å²) in [5.74, 6) is 1.33. The molecular weight excluding hydrogens is 384 g/mol. The van der Waals surface area contributed by atoms with Crippen LogP contribution in [0.15, 0.2) is 36.4 Å². The number of benzene rings is 2. The predicted octanol–water partition coefficient (Wildman–Crippen LogP) is 4.48. The van der Waals surface area contributed by atoms with E-state index in [9.17, 15) is 9.59 Å². The van der Waals surface area contributed by atoms with Crippen LogP contribution < -0.4 is 24.8 Å². The lowest BCUT2D eigenvalue weighted by Crippen LogP contribution is -2.27. The van der Waals surface area contributed by atoms with Gasteiger partial charge in [-0.1, -0.05) is 31.9 Å². The minimum Gasteiger partial charge on any atom is -0.493 e. The molecule has 0 radical (unpaired) electrons. The number of amides is 2. The topological polar surface area (TPSA) is 85.9 Å². The molecule has 7 nitrogen and oxygen atoms in total. The Morgan fingerprint density at radius 3 is 2.43 bits per heavy atom. The molecule has 1 aliphatic rings. The van der Waals surface area contributed by atoms with E-state index in [1.165, 1.54) is 0 Å². The lowest BCUT2D eigenvalue weighted by atomic mass is 10.0. The highest BCUT2D eigenvalue weighted by Gasteiger charge is 2.26. The largest absolute Gasteiger partial charge is 0.493 e. The summed E-state index contributed by atoms with van der Waals surface area (Å²) in [5.41, 5.74) is 2.74. The number of fused-ring (bicyclic) bond motifs is 1. The fourth-order valence-electron chi connectivity index (χ4n) is 3.17. The maximum atomic E-state index is 12.5. The maximum absolute atomic E-state index is 12.5. The minimum absolute atomic E-state index is 0.202. The Bertz CT molecular complexity index is 951. The van der Waals surface area contributed by atoms with Gasteiger partial charge in [-0.3, -0.25) is 4.79 Å². The first-order valence-corrected chi connectivity index (χ1v) is 9.91. The number of hydrogen-bond donors (Lipinski definition) is 2. The summed E-state index contributed by atoms with van der Waals surface area (Å²) in [4.78, 5) is 24.3. The highest BCUT2D eigenvalue weighted by Crippen LogP contribution is 2.41. The van der Waals surface area contributed by atoms with Crippen LogP contribution in [0.25, 0.3) is 11.6 Å². The number of methoxy groups -OCH3 is 2. The van der Waals surface area contributed by atoms with E-state index in [0.717, 1.165) is 30.4 Å². The van der Waals surface area contributed by atoms with Crippen molar-refractivity contribution in [1.29, 1.82) is 0 Å². The zero-order valence-corrected chi connectivity index (χ0v) is 17.4. The van der Waals surface area contributed by atoms with Crippen LogP contribution in [-0.4, -0.2) is 32.8 Å². The molecule has 158 valence electrons. The second-order valence-electron chi connectivity index (χ2n) is 6.86. The number of anilines is 1. The monoisotopic (exact) mass is 410 g/mol. The van der Waals surface area contributed by atoms with Gasteiger partial charge >= 0.3 is 6.09 Å². The van der Waals surface area contributed by atoms with Crippen LogP contribution in [-0.2, 0) is 4.79 Å². The van der Waals surface area contributed by atoms with Crippen molar-refractivity contribution in [2.24, 2.45) is 0 Å². The van der Waals surface area contributed by atoms with Gasteiger partial charge < -0.3 is 24.8 Å². The predicted molar refractivity (Wildman–Crippen MR) is 116 cm³/mol. The highest BCUT2D eigenvalue weighted by molar-refractivity contribution is 6.35. The number of carbonyl (C=O) groups excluding carboxylic acids is 2. The smallest absolute Gasteiger partial charge is 0.412 e. The molecule has 3 rings (SSSR count). The number of nitrogens with one attached hydrogen (secondary N) is 2. The molecule has 0 atom stereocenters. The molecule has 2 amide bonds. The number of unbranched alkanes of at least 4 members (excludes halogenated alkanes) is 2. The lowest BCUT2D eigenvalue weighted by Gasteiger charge is -2.09. The van der Waals surface area contributed by atoms with Gasteiger partial charge in [0, 0.05) is 23.7 Å². The van der Waals surface area contributed by atoms with E-state index in [4.69, 9.17) is 14.2 Å². The van der Waals surface area contributed by atoms with Crippen LogP contribution in [0.4, 0.5) is 10.5 Å². The maximum Gasteiger partial charge on any atom is 0.412 e. The van der Waals surface area contributed by atoms with E-state index in [0.29, 0.717) is 35.1 Å². The van der Waals surface area contributed by atoms with Gasteiger partial charge in [0.15, 0.2) is 11.5 Å². The van der Waals surface area contributed by atoms with Gasteiger partial charge in [-0.2, -0.15) is 0 Å². The Kier molecular flexibility index (Phi) is 6.95. The van der Waals surface area contributed by atoms with Gasteiger partial charge in [-0.15, -0.1) is 0 Å². The Labute approximate surface area is 176 Å². The number of ether oxygens (including phenoxy) is 3. The SMILES string of the molecule is CCCCCNC(=O)Oc1ccc(/C=C2/C(=O)Nc3cc(OC)c(OC)cc32)cc1. The fraction of sp³-hybridized carbons (Fsp3) is 0.304. The number of hydrogen-bond acceptors (Lipinski definition) is 5. The van der Waals surface area contributed by atoms with E-state index in [1.807, 2.05) is 0 Å². The van der Waals surface area contributed by atoms with Crippen molar-refractivity contribution in [3.63, 3.8) is 0 Å². The van der Waals surface area contributed by atoms with Crippen LogP contribution in [0.5, 0.6) is 17.2 Å². The molecule has 0 unspecified atom stereocenters. The lowest BCUT2D eigenvalue weighted by molar-refractivity contribution is -0.110. The van der Waals surface area contributed by atoms with Crippen molar-refractivity contribution in [2.45, 2.75) is 26.2 Å². The standard InChI is InChI=1S/C23H26N2O5/c1-4-5-6-11-24-23(27)30-16-9-7-15(8-10-16)12-18-17-13-20(28-2)21(29-3)14-19(17)25-22(18)26/h7-10,12-14H,4-6,11H2,1-3H3,(H,24,27)(H,25,26)/b18-12+. The summed E-state index contributed by atoms with van der Waals surface area (Å²) in [6.07, 6.45) is 4.40. The van der Waals surface area contributed by atoms with Crippen LogP contribution in [0.3, 0.4) is 0 Å². The minimum atomic E-state index is -0.470. The van der Waals surface area contributed by atoms with Crippen molar-refractivity contribution in [3.05, 3.63) is 47.5 Å². The molecule has 0 saturated heterocycles. The summed E-state index contributed by atoms with van der Waals surface area (Å²) in [5, 5.41) is 5.57. The Balaban J connectivity index is 1.72. The molecular formula is C23H26N2O5. The number of carbonyl (C=O) groups is 2. The molecule has 2 aromatic rings.